The van der Waals surface area contributed by atoms with Crippen molar-refractivity contribution >= 4 is 40.7 Å². The second-order valence-corrected chi connectivity index (χ2v) is 7.77. The minimum Gasteiger partial charge on any atom is -0.467 e. The van der Waals surface area contributed by atoms with Gasteiger partial charge in [-0.15, -0.1) is 0 Å². The Balaban J connectivity index is 2.22. The van der Waals surface area contributed by atoms with Crippen LogP contribution in [0, 0.1) is 5.53 Å². The number of aromatic nitrogens is 1. The number of nitrogens with zero attached hydrogens (tertiary/aromatic N) is 2. The third-order valence-corrected chi connectivity index (χ3v) is 4.90. The average Bonchev–Trinajstić information content (AvgIpc) is 3.18. The number of rotatable bonds is 12. The molecule has 0 saturated carbocycles. The second-order valence-electron chi connectivity index (χ2n) is 7.77. The van der Waals surface area contributed by atoms with Gasteiger partial charge in [0.05, 0.1) is 24.0 Å². The lowest BCUT2D eigenvalue weighted by Gasteiger charge is -2.22. The first-order chi connectivity index (χ1) is 15.7. The maximum absolute atomic E-state index is 13.1. The molecule has 1 aromatic heterocycles. The topological polar surface area (TPSA) is 159 Å². The van der Waals surface area contributed by atoms with Crippen LogP contribution in [0.4, 0.5) is 0 Å². The number of amides is 2. The summed E-state index contributed by atoms with van der Waals surface area (Å²) in [6.07, 6.45) is 2.65. The first kappa shape index (κ1) is 25.4. The second kappa shape index (κ2) is 12.3. The minimum absolute atomic E-state index is 0.0330. The maximum Gasteiger partial charge on any atom is 0.372 e. The first-order valence-electron chi connectivity index (χ1n) is 10.3. The zero-order chi connectivity index (χ0) is 24.4. The molecule has 0 unspecified atom stereocenters. The highest BCUT2D eigenvalue weighted by atomic mass is 16.5. The first-order valence-corrected chi connectivity index (χ1v) is 10.3. The molecule has 11 nitrogen and oxygen atoms in total. The fraction of sp³-hybridized carbons (Fsp3) is 0.409. The summed E-state index contributed by atoms with van der Waals surface area (Å²) in [6, 6.07) is 5.52. The van der Waals surface area contributed by atoms with Crippen LogP contribution < -0.4 is 10.6 Å². The predicted molar refractivity (Wildman–Crippen MR) is 120 cm³/mol. The normalized spacial score (nSPS) is 12.5. The lowest BCUT2D eigenvalue weighted by Crippen LogP contribution is -2.53. The summed E-state index contributed by atoms with van der Waals surface area (Å²) in [5.74, 6) is -2.10. The molecule has 1 heterocycles. The van der Waals surface area contributed by atoms with Gasteiger partial charge < -0.3 is 25.3 Å². The lowest BCUT2D eigenvalue weighted by molar-refractivity contribution is -0.145. The molecular formula is C22H29N6O5+. The molecular weight excluding hydrogens is 428 g/mol. The van der Waals surface area contributed by atoms with E-state index in [0.717, 1.165) is 22.7 Å². The Morgan fingerprint density at radius 2 is 1.91 bits per heavy atom. The van der Waals surface area contributed by atoms with Gasteiger partial charge in [-0.2, -0.15) is 0 Å². The van der Waals surface area contributed by atoms with Crippen LogP contribution in [0.25, 0.3) is 10.9 Å². The molecule has 0 bridgehead atoms. The van der Waals surface area contributed by atoms with E-state index in [-0.39, 0.29) is 31.7 Å². The SMILES string of the molecule is COC(=O)[C@H](CCC(=O)C=[N+]=N)NC(=O)[C@H](Cc1c[nH]c2ccccc12)NC(=O)CN(C)C. The highest BCUT2D eigenvalue weighted by Gasteiger charge is 2.29. The lowest BCUT2D eigenvalue weighted by atomic mass is 10.0. The van der Waals surface area contributed by atoms with Gasteiger partial charge in [0, 0.05) is 29.9 Å². The summed E-state index contributed by atoms with van der Waals surface area (Å²) in [5.41, 5.74) is 8.44. The number of hydrogen-bond donors (Lipinski definition) is 4. The molecule has 0 spiro atoms. The molecule has 0 aliphatic heterocycles. The third kappa shape index (κ3) is 7.67. The average molecular weight is 458 g/mol. The van der Waals surface area contributed by atoms with E-state index in [1.807, 2.05) is 24.3 Å². The number of aromatic amines is 1. The van der Waals surface area contributed by atoms with Crippen molar-refractivity contribution in [1.82, 2.24) is 20.5 Å². The number of likely N-dealkylation sites (N-methyl/N-ethyl adjacent to an activating group) is 1. The number of ketones is 1. The van der Waals surface area contributed by atoms with Gasteiger partial charge >= 0.3 is 12.2 Å². The molecule has 2 aromatic rings. The van der Waals surface area contributed by atoms with Gasteiger partial charge in [0.1, 0.15) is 12.1 Å². The van der Waals surface area contributed by atoms with Crippen LogP contribution in [0.3, 0.4) is 0 Å². The third-order valence-electron chi connectivity index (χ3n) is 4.90. The summed E-state index contributed by atoms with van der Waals surface area (Å²) in [6.45, 7) is 0.0824. The number of esters is 1. The monoisotopic (exact) mass is 457 g/mol. The van der Waals surface area contributed by atoms with Crippen molar-refractivity contribution in [3.8, 4) is 0 Å². The van der Waals surface area contributed by atoms with Crippen molar-refractivity contribution in [2.75, 3.05) is 27.7 Å². The number of hydrogen-bond acceptors (Lipinski definition) is 7. The Kier molecular flexibility index (Phi) is 9.46. The number of methoxy groups -OCH3 is 1. The fourth-order valence-corrected chi connectivity index (χ4v) is 3.34. The highest BCUT2D eigenvalue weighted by molar-refractivity contribution is 6.25. The van der Waals surface area contributed by atoms with E-state index in [9.17, 15) is 19.2 Å². The Labute approximate surface area is 191 Å². The Hall–Kier alpha value is -3.82. The Morgan fingerprint density at radius 3 is 2.58 bits per heavy atom. The van der Waals surface area contributed by atoms with E-state index in [1.54, 1.807) is 25.2 Å². The van der Waals surface area contributed by atoms with Crippen molar-refractivity contribution in [3.63, 3.8) is 0 Å². The van der Waals surface area contributed by atoms with Crippen molar-refractivity contribution in [2.45, 2.75) is 31.3 Å². The summed E-state index contributed by atoms with van der Waals surface area (Å²) < 4.78 is 4.75. The number of carbonyl (C=O) groups excluding carboxylic acids is 4. The van der Waals surface area contributed by atoms with Crippen LogP contribution in [0.5, 0.6) is 0 Å². The molecule has 2 rings (SSSR count). The summed E-state index contributed by atoms with van der Waals surface area (Å²) in [4.78, 5) is 57.1. The molecule has 33 heavy (non-hydrogen) atoms. The van der Waals surface area contributed by atoms with E-state index in [4.69, 9.17) is 10.3 Å². The molecule has 2 atom stereocenters. The molecule has 1 aromatic carbocycles. The van der Waals surface area contributed by atoms with E-state index in [2.05, 4.69) is 20.4 Å². The molecule has 11 heteroatoms. The number of para-hydroxylation sites is 1. The van der Waals surface area contributed by atoms with Crippen LogP contribution in [0.2, 0.25) is 0 Å². The summed E-state index contributed by atoms with van der Waals surface area (Å²) in [7, 11) is 4.65. The predicted octanol–water partition coefficient (Wildman–Crippen LogP) is 0.0739. The number of carbonyl (C=O) groups is 4. The van der Waals surface area contributed by atoms with Gasteiger partial charge in [-0.05, 0) is 32.1 Å². The molecule has 4 N–H and O–H groups in total. The van der Waals surface area contributed by atoms with Gasteiger partial charge in [0.25, 0.3) is 0 Å². The maximum atomic E-state index is 13.1. The van der Waals surface area contributed by atoms with Crippen LogP contribution >= 0.6 is 0 Å². The van der Waals surface area contributed by atoms with Gasteiger partial charge in [-0.25, -0.2) is 4.79 Å². The van der Waals surface area contributed by atoms with E-state index in [1.165, 1.54) is 7.11 Å². The number of fused-ring (bicyclic) bond motifs is 1. The van der Waals surface area contributed by atoms with Crippen molar-refractivity contribution in [2.24, 2.45) is 0 Å². The number of ether oxygens (including phenoxy) is 1. The van der Waals surface area contributed by atoms with Gasteiger partial charge in [-0.1, -0.05) is 18.2 Å². The standard InChI is InChI=1S/C22H28N6O5/c1-28(2)13-20(30)26-19(10-14-11-24-17-7-5-4-6-16(14)17)21(31)27-18(22(32)33-3)9-8-15(29)12-25-23/h4-7,11-12,18-19,23-24H,8-10,13H2,1-3H3,(H-,26,27,30,31)/p+1/t18-,19-/m0/s1. The molecule has 2 amide bonds. The van der Waals surface area contributed by atoms with Crippen molar-refractivity contribution in [3.05, 3.63) is 36.0 Å². The van der Waals surface area contributed by atoms with Crippen LogP contribution in [-0.4, -0.2) is 84.3 Å². The van der Waals surface area contributed by atoms with E-state index < -0.39 is 29.7 Å². The molecule has 0 fully saturated rings. The van der Waals surface area contributed by atoms with Gasteiger partial charge in [0.15, 0.2) is 0 Å². The van der Waals surface area contributed by atoms with E-state index in [0.29, 0.717) is 0 Å². The Morgan fingerprint density at radius 1 is 1.18 bits per heavy atom. The van der Waals surface area contributed by atoms with Crippen molar-refractivity contribution in [1.29, 1.82) is 5.53 Å². The Bertz CT molecular complexity index is 1060. The highest BCUT2D eigenvalue weighted by Crippen LogP contribution is 2.19. The molecule has 0 radical (unpaired) electrons. The summed E-state index contributed by atoms with van der Waals surface area (Å²) >= 11 is 0. The van der Waals surface area contributed by atoms with Crippen LogP contribution in [0.15, 0.2) is 30.5 Å². The quantitative estimate of drug-likeness (QED) is 0.153. The minimum atomic E-state index is -1.10. The zero-order valence-electron chi connectivity index (χ0n) is 18.9. The largest absolute Gasteiger partial charge is 0.467 e. The summed E-state index contributed by atoms with van der Waals surface area (Å²) in [5, 5.41) is 6.23. The molecule has 0 aliphatic rings. The van der Waals surface area contributed by atoms with Crippen molar-refractivity contribution < 1.29 is 28.7 Å². The van der Waals surface area contributed by atoms with Gasteiger partial charge in [0.2, 0.25) is 17.6 Å². The number of nitrogens with one attached hydrogen (secondary N) is 4. The van der Waals surface area contributed by atoms with Gasteiger partial charge in [-0.3, -0.25) is 14.4 Å². The number of Topliss-reactive ketones (excluding diaryl/α,β-unsaturated/α-hetero) is 1. The number of benzene rings is 1. The number of H-pyrrole nitrogens is 1. The fourth-order valence-electron chi connectivity index (χ4n) is 3.34. The van der Waals surface area contributed by atoms with Crippen LogP contribution in [-0.2, 0) is 30.3 Å². The molecule has 176 valence electrons. The zero-order valence-corrected chi connectivity index (χ0v) is 18.9. The van der Waals surface area contributed by atoms with E-state index >= 15 is 0 Å². The smallest absolute Gasteiger partial charge is 0.372 e. The molecule has 0 saturated heterocycles. The van der Waals surface area contributed by atoms with Crippen LogP contribution in [0.1, 0.15) is 18.4 Å². The molecule has 0 aliphatic carbocycles.